The molecule has 0 radical (unpaired) electrons. The first-order chi connectivity index (χ1) is 11.6. The summed E-state index contributed by atoms with van der Waals surface area (Å²) >= 11 is 0. The SMILES string of the molecule is NC(N)=NCCCC(NC(=O)C(N)CCC(=O)O)C(=O)NCC(=O)O. The predicted molar refractivity (Wildman–Crippen MR) is 87.3 cm³/mol. The summed E-state index contributed by atoms with van der Waals surface area (Å²) < 4.78 is 0. The number of aliphatic carboxylic acids is 2. The average Bonchev–Trinajstić information content (AvgIpc) is 2.52. The fourth-order valence-corrected chi connectivity index (χ4v) is 1.75. The van der Waals surface area contributed by atoms with Gasteiger partial charge in [-0.3, -0.25) is 24.2 Å². The van der Waals surface area contributed by atoms with Crippen LogP contribution in [0.25, 0.3) is 0 Å². The number of carboxylic acid groups (broad SMARTS) is 2. The van der Waals surface area contributed by atoms with Crippen LogP contribution in [0.15, 0.2) is 4.99 Å². The zero-order valence-electron chi connectivity index (χ0n) is 13.6. The van der Waals surface area contributed by atoms with Gasteiger partial charge in [0.15, 0.2) is 5.96 Å². The van der Waals surface area contributed by atoms with E-state index in [1.54, 1.807) is 0 Å². The minimum absolute atomic E-state index is 0.0986. The second-order valence-electron chi connectivity index (χ2n) is 5.16. The van der Waals surface area contributed by atoms with Crippen LogP contribution in [-0.2, 0) is 19.2 Å². The molecule has 10 N–H and O–H groups in total. The normalized spacial score (nSPS) is 12.5. The highest BCUT2D eigenvalue weighted by molar-refractivity contribution is 5.91. The van der Waals surface area contributed by atoms with Crippen molar-refractivity contribution in [2.24, 2.45) is 22.2 Å². The second kappa shape index (κ2) is 11.6. The molecule has 0 aliphatic rings. The summed E-state index contributed by atoms with van der Waals surface area (Å²) in [5, 5.41) is 21.7. The molecular weight excluding hydrogens is 336 g/mol. The number of rotatable bonds is 12. The van der Waals surface area contributed by atoms with Crippen LogP contribution in [0, 0.1) is 0 Å². The van der Waals surface area contributed by atoms with E-state index in [1.165, 1.54) is 0 Å². The number of nitrogens with zero attached hydrogens (tertiary/aromatic N) is 1. The van der Waals surface area contributed by atoms with E-state index in [9.17, 15) is 19.2 Å². The molecule has 0 aliphatic carbocycles. The molecule has 2 unspecified atom stereocenters. The van der Waals surface area contributed by atoms with Gasteiger partial charge in [-0.2, -0.15) is 0 Å². The van der Waals surface area contributed by atoms with Crippen molar-refractivity contribution in [3.05, 3.63) is 0 Å². The van der Waals surface area contributed by atoms with Crippen LogP contribution >= 0.6 is 0 Å². The number of nitrogens with two attached hydrogens (primary N) is 3. The molecule has 0 aliphatic heterocycles. The van der Waals surface area contributed by atoms with Gasteiger partial charge in [0.2, 0.25) is 11.8 Å². The number of carbonyl (C=O) groups excluding carboxylic acids is 2. The Morgan fingerprint density at radius 1 is 1.00 bits per heavy atom. The molecule has 12 heteroatoms. The molecule has 0 saturated heterocycles. The minimum atomic E-state index is -1.24. The zero-order chi connectivity index (χ0) is 19.4. The summed E-state index contributed by atoms with van der Waals surface area (Å²) in [4.78, 5) is 48.7. The van der Waals surface area contributed by atoms with Crippen LogP contribution in [0.4, 0.5) is 0 Å². The number of carbonyl (C=O) groups is 4. The van der Waals surface area contributed by atoms with Crippen LogP contribution in [0.3, 0.4) is 0 Å². The van der Waals surface area contributed by atoms with Crippen molar-refractivity contribution in [3.63, 3.8) is 0 Å². The molecule has 25 heavy (non-hydrogen) atoms. The molecule has 0 aromatic carbocycles. The number of hydrogen-bond donors (Lipinski definition) is 7. The van der Waals surface area contributed by atoms with E-state index in [1.807, 2.05) is 0 Å². The van der Waals surface area contributed by atoms with Crippen molar-refractivity contribution in [1.29, 1.82) is 0 Å². The number of carboxylic acids is 2. The van der Waals surface area contributed by atoms with Crippen molar-refractivity contribution in [2.75, 3.05) is 13.1 Å². The third-order valence-electron chi connectivity index (χ3n) is 3.00. The molecule has 0 fully saturated rings. The Morgan fingerprint density at radius 2 is 1.64 bits per heavy atom. The maximum atomic E-state index is 12.0. The largest absolute Gasteiger partial charge is 0.481 e. The molecule has 12 nitrogen and oxygen atoms in total. The highest BCUT2D eigenvalue weighted by Crippen LogP contribution is 2.01. The fourth-order valence-electron chi connectivity index (χ4n) is 1.75. The van der Waals surface area contributed by atoms with Gasteiger partial charge >= 0.3 is 11.9 Å². The molecule has 0 rings (SSSR count). The molecule has 0 heterocycles. The maximum Gasteiger partial charge on any atom is 0.322 e. The first kappa shape index (κ1) is 22.1. The van der Waals surface area contributed by atoms with Gasteiger partial charge in [-0.05, 0) is 19.3 Å². The van der Waals surface area contributed by atoms with Gasteiger partial charge in [0.05, 0.1) is 6.04 Å². The van der Waals surface area contributed by atoms with Gasteiger partial charge in [0.1, 0.15) is 12.6 Å². The van der Waals surface area contributed by atoms with Crippen LogP contribution in [0.2, 0.25) is 0 Å². The van der Waals surface area contributed by atoms with Crippen molar-refractivity contribution in [1.82, 2.24) is 10.6 Å². The van der Waals surface area contributed by atoms with E-state index in [-0.39, 0.29) is 31.8 Å². The van der Waals surface area contributed by atoms with Gasteiger partial charge in [-0.1, -0.05) is 0 Å². The smallest absolute Gasteiger partial charge is 0.322 e. The summed E-state index contributed by atoms with van der Waals surface area (Å²) in [7, 11) is 0. The van der Waals surface area contributed by atoms with Crippen molar-refractivity contribution in [3.8, 4) is 0 Å². The van der Waals surface area contributed by atoms with Crippen LogP contribution < -0.4 is 27.8 Å². The Hall–Kier alpha value is -2.89. The molecular formula is C13H24N6O6. The van der Waals surface area contributed by atoms with E-state index < -0.39 is 42.4 Å². The summed E-state index contributed by atoms with van der Waals surface area (Å²) in [6.07, 6.45) is 0.0842. The lowest BCUT2D eigenvalue weighted by Gasteiger charge is -2.20. The third-order valence-corrected chi connectivity index (χ3v) is 3.00. The van der Waals surface area contributed by atoms with Crippen LogP contribution in [0.1, 0.15) is 25.7 Å². The molecule has 2 atom stereocenters. The Balaban J connectivity index is 4.71. The summed E-state index contributed by atoms with van der Waals surface area (Å²) in [5.74, 6) is -3.87. The number of guanidine groups is 1. The molecule has 142 valence electrons. The molecule has 2 amide bonds. The lowest BCUT2D eigenvalue weighted by atomic mass is 10.1. The fraction of sp³-hybridized carbons (Fsp3) is 0.615. The van der Waals surface area contributed by atoms with E-state index in [0.29, 0.717) is 6.42 Å². The number of amides is 2. The van der Waals surface area contributed by atoms with Gasteiger partial charge in [0, 0.05) is 13.0 Å². The number of nitrogens with one attached hydrogen (secondary N) is 2. The quantitative estimate of drug-likeness (QED) is 0.106. The van der Waals surface area contributed by atoms with Crippen LogP contribution in [0.5, 0.6) is 0 Å². The average molecular weight is 360 g/mol. The first-order valence-electron chi connectivity index (χ1n) is 7.46. The predicted octanol–water partition coefficient (Wildman–Crippen LogP) is -3.08. The van der Waals surface area contributed by atoms with Crippen LogP contribution in [-0.4, -0.2) is 65.1 Å². The Kier molecular flexibility index (Phi) is 10.3. The molecule has 0 spiro atoms. The standard InChI is InChI=1S/C13H24N6O6/c14-7(3-4-9(20)21)11(24)19-8(2-1-5-17-13(15)16)12(25)18-6-10(22)23/h7-8H,1-6,14H2,(H,18,25)(H,19,24)(H,20,21)(H,22,23)(H4,15,16,17). The second-order valence-corrected chi connectivity index (χ2v) is 5.16. The van der Waals surface area contributed by atoms with Crippen molar-refractivity contribution < 1.29 is 29.4 Å². The molecule has 0 bridgehead atoms. The number of hydrogen-bond acceptors (Lipinski definition) is 6. The molecule has 0 aromatic heterocycles. The summed E-state index contributed by atoms with van der Waals surface area (Å²) in [6.45, 7) is -0.393. The summed E-state index contributed by atoms with van der Waals surface area (Å²) in [5.41, 5.74) is 15.9. The monoisotopic (exact) mass is 360 g/mol. The molecule has 0 aromatic rings. The first-order valence-corrected chi connectivity index (χ1v) is 7.46. The Morgan fingerprint density at radius 3 is 2.16 bits per heavy atom. The van der Waals surface area contributed by atoms with Gasteiger partial charge in [-0.25, -0.2) is 0 Å². The lowest BCUT2D eigenvalue weighted by molar-refractivity contribution is -0.138. The van der Waals surface area contributed by atoms with E-state index in [4.69, 9.17) is 27.4 Å². The number of aliphatic imine (C=N–C) groups is 1. The van der Waals surface area contributed by atoms with E-state index >= 15 is 0 Å². The zero-order valence-corrected chi connectivity index (χ0v) is 13.6. The van der Waals surface area contributed by atoms with E-state index in [0.717, 1.165) is 0 Å². The van der Waals surface area contributed by atoms with Gasteiger partial charge < -0.3 is 38.0 Å². The van der Waals surface area contributed by atoms with Crippen molar-refractivity contribution in [2.45, 2.75) is 37.8 Å². The summed E-state index contributed by atoms with van der Waals surface area (Å²) in [6, 6.07) is -2.15. The topological polar surface area (TPSA) is 223 Å². The highest BCUT2D eigenvalue weighted by atomic mass is 16.4. The third kappa shape index (κ3) is 11.3. The lowest BCUT2D eigenvalue weighted by Crippen LogP contribution is -2.52. The minimum Gasteiger partial charge on any atom is -0.481 e. The maximum absolute atomic E-state index is 12.0. The molecule has 0 saturated carbocycles. The van der Waals surface area contributed by atoms with Gasteiger partial charge in [-0.15, -0.1) is 0 Å². The Labute approximate surface area is 143 Å². The van der Waals surface area contributed by atoms with E-state index in [2.05, 4.69) is 15.6 Å². The highest BCUT2D eigenvalue weighted by Gasteiger charge is 2.24. The van der Waals surface area contributed by atoms with Gasteiger partial charge in [0.25, 0.3) is 0 Å². The Bertz CT molecular complexity index is 519. The van der Waals surface area contributed by atoms with Crippen molar-refractivity contribution >= 4 is 29.7 Å².